The summed E-state index contributed by atoms with van der Waals surface area (Å²) in [7, 11) is -5.10. The summed E-state index contributed by atoms with van der Waals surface area (Å²) in [6.45, 7) is 6.12. The van der Waals surface area contributed by atoms with Crippen molar-refractivity contribution in [1.82, 2.24) is 4.65 Å². The molecule has 0 bridgehead atoms. The Labute approximate surface area is 91.3 Å². The Morgan fingerprint density at radius 1 is 1.14 bits per heavy atom. The summed E-state index contributed by atoms with van der Waals surface area (Å²) in [6.07, 6.45) is 0. The normalized spacial score (nSPS) is 16.4. The zero-order valence-electron chi connectivity index (χ0n) is 8.64. The van der Waals surface area contributed by atoms with Gasteiger partial charge in [-0.2, -0.15) is 0 Å². The Morgan fingerprint density at radius 3 is 2.07 bits per heavy atom. The first-order chi connectivity index (χ1) is 6.31. The standard InChI is InChI=1S/C9H15ClFNSi2/c1-13(2,3)12-14(10,11)9-7-5-4-6-8-9/h4-8,12H,1-3H3. The second-order valence-electron chi connectivity index (χ2n) is 4.32. The molecule has 0 radical (unpaired) electrons. The summed E-state index contributed by atoms with van der Waals surface area (Å²) < 4.78 is 17.1. The highest BCUT2D eigenvalue weighted by Gasteiger charge is 2.38. The maximum Gasteiger partial charge on any atom is 0.440 e. The fourth-order valence-electron chi connectivity index (χ4n) is 1.19. The smallest absolute Gasteiger partial charge is 0.319 e. The zero-order valence-corrected chi connectivity index (χ0v) is 11.4. The van der Waals surface area contributed by atoms with Gasteiger partial charge in [0.25, 0.3) is 0 Å². The Balaban J connectivity index is 2.86. The first-order valence-electron chi connectivity index (χ1n) is 4.54. The summed E-state index contributed by atoms with van der Waals surface area (Å²) in [6, 6.07) is 8.97. The minimum atomic E-state index is -3.43. The topological polar surface area (TPSA) is 12.0 Å². The second-order valence-corrected chi connectivity index (χ2v) is 13.1. The predicted molar refractivity (Wildman–Crippen MR) is 65.3 cm³/mol. The molecule has 0 fully saturated rings. The molecule has 0 heterocycles. The lowest BCUT2D eigenvalue weighted by Crippen LogP contribution is -2.61. The van der Waals surface area contributed by atoms with Gasteiger partial charge in [-0.15, -0.1) is 11.1 Å². The summed E-state index contributed by atoms with van der Waals surface area (Å²) in [5, 5.41) is 0.601. The van der Waals surface area contributed by atoms with E-state index in [0.717, 1.165) is 0 Å². The van der Waals surface area contributed by atoms with Crippen molar-refractivity contribution in [3.05, 3.63) is 30.3 Å². The van der Waals surface area contributed by atoms with Crippen LogP contribution in [0.15, 0.2) is 30.3 Å². The quantitative estimate of drug-likeness (QED) is 0.639. The van der Waals surface area contributed by atoms with E-state index in [1.165, 1.54) is 0 Å². The largest absolute Gasteiger partial charge is 0.440 e. The van der Waals surface area contributed by atoms with Gasteiger partial charge in [0.1, 0.15) is 8.24 Å². The average molecular weight is 248 g/mol. The molecular weight excluding hydrogens is 233 g/mol. The molecule has 0 saturated carbocycles. The minimum absolute atomic E-state index is 0.601. The average Bonchev–Trinajstić information content (AvgIpc) is 2.01. The summed E-state index contributed by atoms with van der Waals surface area (Å²) in [5.74, 6) is 0. The van der Waals surface area contributed by atoms with Crippen molar-refractivity contribution in [1.29, 1.82) is 0 Å². The summed E-state index contributed by atoms with van der Waals surface area (Å²) >= 11 is 5.94. The van der Waals surface area contributed by atoms with E-state index in [0.29, 0.717) is 5.19 Å². The number of halogens is 2. The molecule has 1 aromatic carbocycles. The van der Waals surface area contributed by atoms with Crippen LogP contribution in [0.1, 0.15) is 0 Å². The lowest BCUT2D eigenvalue weighted by Gasteiger charge is -2.25. The van der Waals surface area contributed by atoms with Crippen molar-refractivity contribution >= 4 is 32.4 Å². The lowest BCUT2D eigenvalue weighted by molar-refractivity contribution is 0.816. The van der Waals surface area contributed by atoms with Crippen LogP contribution in [-0.4, -0.2) is 16.1 Å². The first kappa shape index (κ1) is 11.9. The van der Waals surface area contributed by atoms with Crippen LogP contribution in [0.5, 0.6) is 0 Å². The molecule has 0 aromatic heterocycles. The highest BCUT2D eigenvalue weighted by molar-refractivity contribution is 7.25. The summed E-state index contributed by atoms with van der Waals surface area (Å²) in [5.41, 5.74) is 0. The van der Waals surface area contributed by atoms with E-state index in [-0.39, 0.29) is 0 Å². The molecular formula is C9H15ClFNSi2. The predicted octanol–water partition coefficient (Wildman–Crippen LogP) is 2.47. The molecule has 0 amide bonds. The van der Waals surface area contributed by atoms with Crippen LogP contribution < -0.4 is 9.83 Å². The van der Waals surface area contributed by atoms with Crippen molar-refractivity contribution in [3.63, 3.8) is 0 Å². The van der Waals surface area contributed by atoms with Gasteiger partial charge in [0.05, 0.1) is 0 Å². The number of rotatable bonds is 3. The van der Waals surface area contributed by atoms with E-state index in [4.69, 9.17) is 11.1 Å². The third-order valence-electron chi connectivity index (χ3n) is 1.67. The molecule has 1 N–H and O–H groups in total. The van der Waals surface area contributed by atoms with Gasteiger partial charge in [0.15, 0.2) is 0 Å². The van der Waals surface area contributed by atoms with Crippen LogP contribution in [0, 0.1) is 0 Å². The van der Waals surface area contributed by atoms with E-state index < -0.39 is 16.1 Å². The van der Waals surface area contributed by atoms with E-state index in [1.54, 1.807) is 12.1 Å². The maximum absolute atomic E-state index is 14.1. The van der Waals surface area contributed by atoms with Gasteiger partial charge in [0.2, 0.25) is 0 Å². The Kier molecular flexibility index (Phi) is 3.52. The highest BCUT2D eigenvalue weighted by Crippen LogP contribution is 2.11. The van der Waals surface area contributed by atoms with Crippen LogP contribution in [0.3, 0.4) is 0 Å². The fraction of sp³-hybridized carbons (Fsp3) is 0.333. The SMILES string of the molecule is C[Si](C)(C)N[Si](F)(Cl)c1ccccc1. The number of benzene rings is 1. The Morgan fingerprint density at radius 2 is 1.64 bits per heavy atom. The molecule has 0 spiro atoms. The molecule has 0 aliphatic carbocycles. The van der Waals surface area contributed by atoms with Gasteiger partial charge in [-0.25, -0.2) is 0 Å². The molecule has 78 valence electrons. The van der Waals surface area contributed by atoms with Gasteiger partial charge in [-0.1, -0.05) is 50.0 Å². The van der Waals surface area contributed by atoms with Gasteiger partial charge < -0.3 is 4.65 Å². The van der Waals surface area contributed by atoms with Gasteiger partial charge in [0, 0.05) is 5.19 Å². The molecule has 1 nitrogen and oxygen atoms in total. The van der Waals surface area contributed by atoms with Crippen LogP contribution in [0.2, 0.25) is 19.6 Å². The van der Waals surface area contributed by atoms with Crippen molar-refractivity contribution < 1.29 is 4.11 Å². The molecule has 0 aliphatic heterocycles. The van der Waals surface area contributed by atoms with E-state index in [2.05, 4.69) is 4.65 Å². The van der Waals surface area contributed by atoms with Gasteiger partial charge >= 0.3 is 7.88 Å². The summed E-state index contributed by atoms with van der Waals surface area (Å²) in [4.78, 5) is 0. The molecule has 5 heteroatoms. The molecule has 1 atom stereocenters. The third kappa shape index (κ3) is 3.53. The molecule has 0 aliphatic rings. The van der Waals surface area contributed by atoms with E-state index in [9.17, 15) is 4.11 Å². The van der Waals surface area contributed by atoms with Crippen molar-refractivity contribution in [2.45, 2.75) is 19.6 Å². The van der Waals surface area contributed by atoms with Crippen molar-refractivity contribution in [2.75, 3.05) is 0 Å². The van der Waals surface area contributed by atoms with Crippen molar-refractivity contribution in [2.24, 2.45) is 0 Å². The first-order valence-corrected chi connectivity index (χ1v) is 10.9. The molecule has 1 rings (SSSR count). The zero-order chi connectivity index (χ0) is 10.8. The second kappa shape index (κ2) is 4.14. The van der Waals surface area contributed by atoms with Gasteiger partial charge in [-0.3, -0.25) is 4.11 Å². The minimum Gasteiger partial charge on any atom is -0.319 e. The molecule has 1 unspecified atom stereocenters. The number of hydrogen-bond acceptors (Lipinski definition) is 1. The van der Waals surface area contributed by atoms with Crippen LogP contribution in [0.4, 0.5) is 4.11 Å². The number of nitrogens with one attached hydrogen (secondary N) is 1. The van der Waals surface area contributed by atoms with Crippen LogP contribution in [-0.2, 0) is 0 Å². The Bertz CT molecular complexity index is 297. The van der Waals surface area contributed by atoms with E-state index >= 15 is 0 Å². The Hall–Kier alpha value is -0.166. The number of hydrogen-bond donors (Lipinski definition) is 1. The third-order valence-corrected chi connectivity index (χ3v) is 8.49. The molecule has 14 heavy (non-hydrogen) atoms. The fourth-order valence-corrected chi connectivity index (χ4v) is 9.08. The monoisotopic (exact) mass is 247 g/mol. The van der Waals surface area contributed by atoms with Gasteiger partial charge in [-0.05, 0) is 0 Å². The van der Waals surface area contributed by atoms with E-state index in [1.807, 2.05) is 37.8 Å². The molecule has 1 aromatic rings. The van der Waals surface area contributed by atoms with Crippen LogP contribution >= 0.6 is 11.1 Å². The van der Waals surface area contributed by atoms with Crippen LogP contribution in [0.25, 0.3) is 0 Å². The van der Waals surface area contributed by atoms with Crippen molar-refractivity contribution in [3.8, 4) is 0 Å². The maximum atomic E-state index is 14.1. The lowest BCUT2D eigenvalue weighted by atomic mass is 10.4. The highest BCUT2D eigenvalue weighted by atomic mass is 35.6. The molecule has 0 saturated heterocycles.